The van der Waals surface area contributed by atoms with Crippen LogP contribution < -0.4 is 9.47 Å². The van der Waals surface area contributed by atoms with E-state index in [0.717, 1.165) is 36.1 Å². The number of rotatable bonds is 9. The van der Waals surface area contributed by atoms with Gasteiger partial charge in [0.1, 0.15) is 0 Å². The SMILES string of the molecule is CCCCCS[C@@H]1C[C@@H](c2ccc3c(c2)OCO3)N(S(=O)(=O)c2ccc(C)cc2)C[C@H]1C(=O)O. The van der Waals surface area contributed by atoms with E-state index in [1.54, 1.807) is 42.1 Å². The van der Waals surface area contributed by atoms with Crippen molar-refractivity contribution in [2.75, 3.05) is 19.1 Å². The fourth-order valence-corrected chi connectivity index (χ4v) is 7.56. The van der Waals surface area contributed by atoms with E-state index < -0.39 is 28.0 Å². The molecule has 0 radical (unpaired) electrons. The van der Waals surface area contributed by atoms with Crippen molar-refractivity contribution in [2.24, 2.45) is 5.92 Å². The standard InChI is InChI=1S/C25H31NO6S2/c1-3-4-5-12-33-24-14-21(18-8-11-22-23(13-18)32-16-31-22)26(15-20(24)25(27)28)34(29,30)19-9-6-17(2)7-10-19/h6-11,13,20-21,24H,3-5,12,14-16H2,1-2H3,(H,27,28)/t20-,21+,24-/m1/s1. The zero-order valence-electron chi connectivity index (χ0n) is 19.5. The second kappa shape index (κ2) is 10.6. The quantitative estimate of drug-likeness (QED) is 0.487. The number of thioether (sulfide) groups is 1. The molecular formula is C25H31NO6S2. The van der Waals surface area contributed by atoms with Crippen LogP contribution in [0, 0.1) is 12.8 Å². The van der Waals surface area contributed by atoms with Gasteiger partial charge in [0.15, 0.2) is 11.5 Å². The number of carboxylic acid groups (broad SMARTS) is 1. The fourth-order valence-electron chi connectivity index (χ4n) is 4.48. The van der Waals surface area contributed by atoms with Crippen molar-refractivity contribution in [3.05, 3.63) is 53.6 Å². The van der Waals surface area contributed by atoms with Crippen molar-refractivity contribution in [2.45, 2.75) is 55.7 Å². The number of nitrogens with zero attached hydrogens (tertiary/aromatic N) is 1. The molecule has 2 aliphatic heterocycles. The summed E-state index contributed by atoms with van der Waals surface area (Å²) in [5, 5.41) is 9.83. The van der Waals surface area contributed by atoms with Crippen molar-refractivity contribution in [3.8, 4) is 11.5 Å². The molecule has 1 N–H and O–H groups in total. The summed E-state index contributed by atoms with van der Waals surface area (Å²) in [4.78, 5) is 12.4. The predicted octanol–water partition coefficient (Wildman–Crippen LogP) is 4.85. The molecule has 0 unspecified atom stereocenters. The van der Waals surface area contributed by atoms with Gasteiger partial charge in [-0.2, -0.15) is 16.1 Å². The highest BCUT2D eigenvalue weighted by Gasteiger charge is 2.45. The van der Waals surface area contributed by atoms with Gasteiger partial charge in [-0.1, -0.05) is 43.5 Å². The highest BCUT2D eigenvalue weighted by atomic mass is 32.2. The first-order valence-corrected chi connectivity index (χ1v) is 14.1. The van der Waals surface area contributed by atoms with Crippen LogP contribution in [-0.2, 0) is 14.8 Å². The third-order valence-electron chi connectivity index (χ3n) is 6.43. The molecule has 2 aromatic carbocycles. The van der Waals surface area contributed by atoms with Crippen LogP contribution in [0.2, 0.25) is 0 Å². The van der Waals surface area contributed by atoms with Crippen LogP contribution >= 0.6 is 11.8 Å². The lowest BCUT2D eigenvalue weighted by Gasteiger charge is -2.41. The highest BCUT2D eigenvalue weighted by molar-refractivity contribution is 7.99. The van der Waals surface area contributed by atoms with E-state index in [2.05, 4.69) is 6.92 Å². The number of hydrogen-bond acceptors (Lipinski definition) is 6. The number of hydrogen-bond donors (Lipinski definition) is 1. The van der Waals surface area contributed by atoms with E-state index in [9.17, 15) is 18.3 Å². The minimum absolute atomic E-state index is 0.0733. The number of fused-ring (bicyclic) bond motifs is 1. The van der Waals surface area contributed by atoms with Crippen molar-refractivity contribution < 1.29 is 27.8 Å². The van der Waals surface area contributed by atoms with Gasteiger partial charge in [0.2, 0.25) is 16.8 Å². The predicted molar refractivity (Wildman–Crippen MR) is 132 cm³/mol. The molecule has 4 rings (SSSR count). The van der Waals surface area contributed by atoms with Crippen LogP contribution in [0.3, 0.4) is 0 Å². The maximum atomic E-state index is 13.8. The summed E-state index contributed by atoms with van der Waals surface area (Å²) in [5.74, 6) is 0.332. The van der Waals surface area contributed by atoms with Crippen LogP contribution in [0.5, 0.6) is 11.5 Å². The number of ether oxygens (including phenoxy) is 2. The molecule has 0 aromatic heterocycles. The van der Waals surface area contributed by atoms with E-state index in [4.69, 9.17) is 9.47 Å². The number of carboxylic acids is 1. The van der Waals surface area contributed by atoms with Gasteiger partial charge < -0.3 is 14.6 Å². The Morgan fingerprint density at radius 1 is 1.12 bits per heavy atom. The lowest BCUT2D eigenvalue weighted by Crippen LogP contribution is -2.49. The summed E-state index contributed by atoms with van der Waals surface area (Å²) in [6.07, 6.45) is 3.62. The van der Waals surface area contributed by atoms with E-state index in [1.165, 1.54) is 4.31 Å². The molecule has 2 aliphatic rings. The van der Waals surface area contributed by atoms with Crippen LogP contribution in [0.1, 0.15) is 49.8 Å². The number of carbonyl (C=O) groups is 1. The van der Waals surface area contributed by atoms with Gasteiger partial charge in [0, 0.05) is 11.8 Å². The second-order valence-corrected chi connectivity index (χ2v) is 12.1. The van der Waals surface area contributed by atoms with Crippen LogP contribution in [-0.4, -0.2) is 48.1 Å². The molecule has 0 bridgehead atoms. The van der Waals surface area contributed by atoms with Gasteiger partial charge in [-0.25, -0.2) is 8.42 Å². The first-order valence-electron chi connectivity index (χ1n) is 11.6. The van der Waals surface area contributed by atoms with Crippen molar-refractivity contribution in [1.82, 2.24) is 4.31 Å². The van der Waals surface area contributed by atoms with E-state index >= 15 is 0 Å². The molecule has 0 spiro atoms. The molecule has 0 aliphatic carbocycles. The topological polar surface area (TPSA) is 93.1 Å². The van der Waals surface area contributed by atoms with Gasteiger partial charge in [-0.3, -0.25) is 4.79 Å². The molecule has 3 atom stereocenters. The fraction of sp³-hybridized carbons (Fsp3) is 0.480. The zero-order valence-corrected chi connectivity index (χ0v) is 21.1. The molecule has 2 aromatic rings. The lowest BCUT2D eigenvalue weighted by molar-refractivity contribution is -0.143. The average molecular weight is 506 g/mol. The van der Waals surface area contributed by atoms with Crippen LogP contribution in [0.25, 0.3) is 0 Å². The maximum Gasteiger partial charge on any atom is 0.308 e. The van der Waals surface area contributed by atoms with Crippen LogP contribution in [0.4, 0.5) is 0 Å². The molecule has 34 heavy (non-hydrogen) atoms. The number of aliphatic carboxylic acids is 1. The smallest absolute Gasteiger partial charge is 0.308 e. The molecule has 1 saturated heterocycles. The number of aryl methyl sites for hydroxylation is 1. The summed E-state index contributed by atoms with van der Waals surface area (Å²) in [6.45, 7) is 4.09. The molecule has 184 valence electrons. The normalized spacial score (nSPS) is 22.6. The summed E-state index contributed by atoms with van der Waals surface area (Å²) in [6, 6.07) is 11.7. The largest absolute Gasteiger partial charge is 0.481 e. The van der Waals surface area contributed by atoms with Crippen LogP contribution in [0.15, 0.2) is 47.4 Å². The third kappa shape index (κ3) is 5.21. The summed E-state index contributed by atoms with van der Waals surface area (Å²) in [5.41, 5.74) is 1.74. The van der Waals surface area contributed by atoms with Crippen molar-refractivity contribution in [1.29, 1.82) is 0 Å². The van der Waals surface area contributed by atoms with E-state index in [-0.39, 0.29) is 23.5 Å². The van der Waals surface area contributed by atoms with Gasteiger partial charge in [0.25, 0.3) is 0 Å². The molecule has 7 nitrogen and oxygen atoms in total. The number of piperidine rings is 1. The first kappa shape index (κ1) is 24.9. The maximum absolute atomic E-state index is 13.8. The number of sulfonamides is 1. The Morgan fingerprint density at radius 2 is 1.85 bits per heavy atom. The monoisotopic (exact) mass is 505 g/mol. The van der Waals surface area contributed by atoms with E-state index in [0.29, 0.717) is 17.9 Å². The van der Waals surface area contributed by atoms with Gasteiger partial charge in [0.05, 0.1) is 16.9 Å². The summed E-state index contributed by atoms with van der Waals surface area (Å²) < 4.78 is 39.9. The van der Waals surface area contributed by atoms with Gasteiger partial charge in [-0.15, -0.1) is 0 Å². The minimum Gasteiger partial charge on any atom is -0.481 e. The average Bonchev–Trinajstić information content (AvgIpc) is 3.29. The van der Waals surface area contributed by atoms with Gasteiger partial charge in [-0.05, 0) is 55.3 Å². The number of unbranched alkanes of at least 4 members (excludes halogenated alkanes) is 2. The summed E-state index contributed by atoms with van der Waals surface area (Å²) >= 11 is 1.65. The molecule has 1 fully saturated rings. The Kier molecular flexibility index (Phi) is 7.74. The minimum atomic E-state index is -3.92. The summed E-state index contributed by atoms with van der Waals surface area (Å²) in [7, 11) is -3.92. The van der Waals surface area contributed by atoms with Gasteiger partial charge >= 0.3 is 5.97 Å². The second-order valence-electron chi connectivity index (χ2n) is 8.81. The molecule has 2 heterocycles. The van der Waals surface area contributed by atoms with E-state index in [1.807, 2.05) is 19.1 Å². The first-order chi connectivity index (χ1) is 16.3. The Labute approximate surface area is 205 Å². The zero-order chi connectivity index (χ0) is 24.3. The van der Waals surface area contributed by atoms with Crippen molar-refractivity contribution >= 4 is 27.8 Å². The van der Waals surface area contributed by atoms with Crippen molar-refractivity contribution in [3.63, 3.8) is 0 Å². The lowest BCUT2D eigenvalue weighted by atomic mass is 9.90. The Morgan fingerprint density at radius 3 is 2.56 bits per heavy atom. The Bertz CT molecular complexity index is 1120. The molecule has 0 saturated carbocycles. The Hall–Kier alpha value is -2.23. The molecule has 9 heteroatoms. The third-order valence-corrected chi connectivity index (χ3v) is 9.80. The highest BCUT2D eigenvalue weighted by Crippen LogP contribution is 2.44. The molecule has 0 amide bonds. The number of benzene rings is 2. The molecular weight excluding hydrogens is 474 g/mol. The Balaban J connectivity index is 1.71.